The molecule has 1 aliphatic rings. The van der Waals surface area contributed by atoms with Gasteiger partial charge in [-0.2, -0.15) is 0 Å². The van der Waals surface area contributed by atoms with E-state index in [1.807, 2.05) is 6.92 Å². The molecule has 20 heavy (non-hydrogen) atoms. The van der Waals surface area contributed by atoms with Gasteiger partial charge in [0.1, 0.15) is 11.6 Å². The minimum absolute atomic E-state index is 0.293. The molecule has 0 amide bonds. The van der Waals surface area contributed by atoms with Crippen LogP contribution in [0.2, 0.25) is 0 Å². The summed E-state index contributed by atoms with van der Waals surface area (Å²) >= 11 is 0. The predicted molar refractivity (Wildman–Crippen MR) is 76.4 cm³/mol. The normalized spacial score (nSPS) is 14.6. The molecule has 0 atom stereocenters. The van der Waals surface area contributed by atoms with Crippen molar-refractivity contribution in [3.63, 3.8) is 0 Å². The highest BCUT2D eigenvalue weighted by molar-refractivity contribution is 5.70. The molecule has 3 heteroatoms. The predicted octanol–water partition coefficient (Wildman–Crippen LogP) is 4.19. The van der Waals surface area contributed by atoms with Gasteiger partial charge in [-0.1, -0.05) is 12.1 Å². The topological polar surface area (TPSA) is 12.0 Å². The summed E-state index contributed by atoms with van der Waals surface area (Å²) in [6.07, 6.45) is 2.41. The van der Waals surface area contributed by atoms with Crippen LogP contribution in [-0.4, -0.2) is 6.04 Å². The van der Waals surface area contributed by atoms with Gasteiger partial charge in [-0.15, -0.1) is 0 Å². The molecule has 1 N–H and O–H groups in total. The van der Waals surface area contributed by atoms with Crippen LogP contribution < -0.4 is 5.32 Å². The van der Waals surface area contributed by atoms with E-state index in [-0.39, 0.29) is 11.6 Å². The highest BCUT2D eigenvalue weighted by atomic mass is 19.1. The molecular weight excluding hydrogens is 256 g/mol. The van der Waals surface area contributed by atoms with Crippen LogP contribution >= 0.6 is 0 Å². The minimum Gasteiger partial charge on any atom is -0.310 e. The number of hydrogen-bond acceptors (Lipinski definition) is 1. The van der Waals surface area contributed by atoms with Crippen LogP contribution in [0.15, 0.2) is 36.4 Å². The van der Waals surface area contributed by atoms with Crippen LogP contribution in [0.5, 0.6) is 0 Å². The maximum atomic E-state index is 13.6. The van der Waals surface area contributed by atoms with E-state index < -0.39 is 0 Å². The molecule has 1 fully saturated rings. The van der Waals surface area contributed by atoms with Gasteiger partial charge < -0.3 is 5.32 Å². The van der Waals surface area contributed by atoms with Crippen molar-refractivity contribution in [1.29, 1.82) is 0 Å². The van der Waals surface area contributed by atoms with E-state index in [9.17, 15) is 8.78 Å². The van der Waals surface area contributed by atoms with Crippen LogP contribution in [0.1, 0.15) is 24.0 Å². The molecule has 0 aromatic heterocycles. The third-order valence-electron chi connectivity index (χ3n) is 3.72. The van der Waals surface area contributed by atoms with Crippen LogP contribution in [0, 0.1) is 18.6 Å². The molecule has 2 aromatic rings. The summed E-state index contributed by atoms with van der Waals surface area (Å²) in [4.78, 5) is 0. The zero-order chi connectivity index (χ0) is 14.1. The average Bonchev–Trinajstić information content (AvgIpc) is 3.24. The van der Waals surface area contributed by atoms with Crippen molar-refractivity contribution in [2.75, 3.05) is 0 Å². The first-order valence-electron chi connectivity index (χ1n) is 6.92. The van der Waals surface area contributed by atoms with Gasteiger partial charge in [0.2, 0.25) is 0 Å². The fraction of sp³-hybridized carbons (Fsp3) is 0.294. The van der Waals surface area contributed by atoms with E-state index >= 15 is 0 Å². The quantitative estimate of drug-likeness (QED) is 0.880. The number of rotatable bonds is 4. The molecule has 0 unspecified atom stereocenters. The highest BCUT2D eigenvalue weighted by Gasteiger charge is 2.21. The summed E-state index contributed by atoms with van der Waals surface area (Å²) in [6.45, 7) is 2.61. The summed E-state index contributed by atoms with van der Waals surface area (Å²) in [5.74, 6) is -0.588. The summed E-state index contributed by atoms with van der Waals surface area (Å²) in [7, 11) is 0. The van der Waals surface area contributed by atoms with E-state index in [1.165, 1.54) is 37.1 Å². The lowest BCUT2D eigenvalue weighted by Crippen LogP contribution is -2.16. The molecule has 1 aliphatic carbocycles. The van der Waals surface area contributed by atoms with Crippen molar-refractivity contribution in [3.05, 3.63) is 59.2 Å². The fourth-order valence-electron chi connectivity index (χ4n) is 2.38. The minimum atomic E-state index is -0.295. The molecule has 3 rings (SSSR count). The fourth-order valence-corrected chi connectivity index (χ4v) is 2.38. The van der Waals surface area contributed by atoms with E-state index in [4.69, 9.17) is 0 Å². The first kappa shape index (κ1) is 13.3. The Kier molecular flexibility index (Phi) is 3.53. The highest BCUT2D eigenvalue weighted by Crippen LogP contribution is 2.29. The summed E-state index contributed by atoms with van der Waals surface area (Å²) in [5.41, 5.74) is 3.49. The smallest absolute Gasteiger partial charge is 0.123 e. The summed E-state index contributed by atoms with van der Waals surface area (Å²) in [5, 5.41) is 3.42. The monoisotopic (exact) mass is 273 g/mol. The molecule has 0 saturated heterocycles. The number of aryl methyl sites for hydroxylation is 1. The molecule has 1 saturated carbocycles. The standard InChI is InChI=1S/C17H17F2N/c1-11-2-4-13(18)8-16(11)17-9-14(19)5-3-12(17)10-20-15-6-7-15/h2-5,8-9,15,20H,6-7,10H2,1H3. The Labute approximate surface area is 117 Å². The van der Waals surface area contributed by atoms with Gasteiger partial charge in [0, 0.05) is 12.6 Å². The lowest BCUT2D eigenvalue weighted by Gasteiger charge is -2.13. The van der Waals surface area contributed by atoms with Crippen LogP contribution in [0.4, 0.5) is 8.78 Å². The average molecular weight is 273 g/mol. The molecule has 0 radical (unpaired) electrons. The molecule has 0 heterocycles. The van der Waals surface area contributed by atoms with Gasteiger partial charge in [-0.25, -0.2) is 8.78 Å². The molecule has 104 valence electrons. The molecular formula is C17H17F2N. The maximum absolute atomic E-state index is 13.6. The molecule has 0 aliphatic heterocycles. The number of hydrogen-bond donors (Lipinski definition) is 1. The second kappa shape index (κ2) is 5.33. The van der Waals surface area contributed by atoms with Crippen LogP contribution in [-0.2, 0) is 6.54 Å². The van der Waals surface area contributed by atoms with E-state index in [2.05, 4.69) is 5.32 Å². The zero-order valence-corrected chi connectivity index (χ0v) is 11.4. The van der Waals surface area contributed by atoms with Gasteiger partial charge in [0.25, 0.3) is 0 Å². The molecule has 2 aromatic carbocycles. The van der Waals surface area contributed by atoms with Crippen molar-refractivity contribution < 1.29 is 8.78 Å². The maximum Gasteiger partial charge on any atom is 0.123 e. The Morgan fingerprint density at radius 3 is 2.35 bits per heavy atom. The third-order valence-corrected chi connectivity index (χ3v) is 3.72. The Morgan fingerprint density at radius 1 is 1.00 bits per heavy atom. The Balaban J connectivity index is 2.00. The van der Waals surface area contributed by atoms with E-state index in [0.717, 1.165) is 22.3 Å². The van der Waals surface area contributed by atoms with E-state index in [0.29, 0.717) is 12.6 Å². The Bertz CT molecular complexity index is 633. The number of halogens is 2. The summed E-state index contributed by atoms with van der Waals surface area (Å²) in [6, 6.07) is 9.96. The van der Waals surface area contributed by atoms with Gasteiger partial charge in [-0.3, -0.25) is 0 Å². The lowest BCUT2D eigenvalue weighted by atomic mass is 9.95. The Morgan fingerprint density at radius 2 is 1.65 bits per heavy atom. The largest absolute Gasteiger partial charge is 0.310 e. The van der Waals surface area contributed by atoms with Crippen molar-refractivity contribution in [3.8, 4) is 11.1 Å². The number of benzene rings is 2. The second-order valence-electron chi connectivity index (χ2n) is 5.42. The van der Waals surface area contributed by atoms with Crippen molar-refractivity contribution >= 4 is 0 Å². The van der Waals surface area contributed by atoms with Gasteiger partial charge in [0.05, 0.1) is 0 Å². The molecule has 0 bridgehead atoms. The third kappa shape index (κ3) is 2.88. The van der Waals surface area contributed by atoms with Gasteiger partial charge >= 0.3 is 0 Å². The van der Waals surface area contributed by atoms with Crippen molar-refractivity contribution in [2.45, 2.75) is 32.4 Å². The van der Waals surface area contributed by atoms with Crippen LogP contribution in [0.25, 0.3) is 11.1 Å². The first-order chi connectivity index (χ1) is 9.63. The lowest BCUT2D eigenvalue weighted by molar-refractivity contribution is 0.623. The zero-order valence-electron chi connectivity index (χ0n) is 11.4. The van der Waals surface area contributed by atoms with Gasteiger partial charge in [0.15, 0.2) is 0 Å². The van der Waals surface area contributed by atoms with Crippen LogP contribution in [0.3, 0.4) is 0 Å². The molecule has 0 spiro atoms. The van der Waals surface area contributed by atoms with E-state index in [1.54, 1.807) is 12.1 Å². The summed E-state index contributed by atoms with van der Waals surface area (Å²) < 4.78 is 27.0. The first-order valence-corrected chi connectivity index (χ1v) is 6.92. The van der Waals surface area contributed by atoms with Crippen molar-refractivity contribution in [1.82, 2.24) is 5.32 Å². The SMILES string of the molecule is Cc1ccc(F)cc1-c1cc(F)ccc1CNC1CC1. The Hall–Kier alpha value is -1.74. The van der Waals surface area contributed by atoms with Crippen molar-refractivity contribution in [2.24, 2.45) is 0 Å². The number of nitrogens with one attached hydrogen (secondary N) is 1. The van der Waals surface area contributed by atoms with Gasteiger partial charge in [-0.05, 0) is 66.3 Å². The second-order valence-corrected chi connectivity index (χ2v) is 5.42. The molecule has 1 nitrogen and oxygen atoms in total.